The lowest BCUT2D eigenvalue weighted by Gasteiger charge is -2.03. The predicted molar refractivity (Wildman–Crippen MR) is 92.5 cm³/mol. The first-order valence-electron chi connectivity index (χ1n) is 6.24. The van der Waals surface area contributed by atoms with Gasteiger partial charge in [-0.3, -0.25) is 4.79 Å². The Kier molecular flexibility index (Phi) is 4.45. The van der Waals surface area contributed by atoms with Gasteiger partial charge in [0.25, 0.3) is 5.22 Å². The molecule has 0 aliphatic rings. The Bertz CT molecular complexity index is 738. The lowest BCUT2D eigenvalue weighted by molar-refractivity contribution is -0.113. The number of anilines is 1. The van der Waals surface area contributed by atoms with Crippen LogP contribution in [0.5, 0.6) is 0 Å². The molecule has 1 aromatic heterocycles. The van der Waals surface area contributed by atoms with E-state index in [1.807, 2.05) is 48.5 Å². The van der Waals surface area contributed by atoms with E-state index in [2.05, 4.69) is 32.9 Å². The molecule has 0 bridgehead atoms. The number of aromatic nitrogens is 1. The van der Waals surface area contributed by atoms with E-state index in [0.29, 0.717) is 5.22 Å². The molecule has 1 N–H and O–H groups in total. The molecule has 0 aliphatic heterocycles. The van der Waals surface area contributed by atoms with Gasteiger partial charge < -0.3 is 9.73 Å². The van der Waals surface area contributed by atoms with E-state index in [0.717, 1.165) is 20.4 Å². The zero-order chi connectivity index (χ0) is 14.7. The standard InChI is InChI=1S/C15H11IN2O2S/c16-10-5-7-11(8-6-10)17-14(19)9-21-15-18-12-3-1-2-4-13(12)20-15/h1-8H,9H2,(H,17,19). The van der Waals surface area contributed by atoms with Gasteiger partial charge in [0.1, 0.15) is 5.52 Å². The molecular formula is C15H11IN2O2S. The Morgan fingerprint density at radius 1 is 1.19 bits per heavy atom. The van der Waals surface area contributed by atoms with Gasteiger partial charge in [-0.1, -0.05) is 23.9 Å². The third-order valence-corrected chi connectivity index (χ3v) is 4.28. The van der Waals surface area contributed by atoms with Gasteiger partial charge in [-0.05, 0) is 59.0 Å². The van der Waals surface area contributed by atoms with Crippen molar-refractivity contribution in [1.82, 2.24) is 4.98 Å². The number of halogens is 1. The van der Waals surface area contributed by atoms with Gasteiger partial charge in [-0.2, -0.15) is 0 Å². The van der Waals surface area contributed by atoms with Gasteiger partial charge in [0, 0.05) is 9.26 Å². The number of benzene rings is 2. The number of para-hydroxylation sites is 2. The van der Waals surface area contributed by atoms with Crippen LogP contribution in [0, 0.1) is 3.57 Å². The number of hydrogen-bond acceptors (Lipinski definition) is 4. The number of hydrogen-bond donors (Lipinski definition) is 1. The highest BCUT2D eigenvalue weighted by Crippen LogP contribution is 2.23. The molecule has 2 aromatic carbocycles. The molecule has 3 aromatic rings. The van der Waals surface area contributed by atoms with Gasteiger partial charge in [0.15, 0.2) is 5.58 Å². The smallest absolute Gasteiger partial charge is 0.257 e. The molecule has 0 fully saturated rings. The van der Waals surface area contributed by atoms with Gasteiger partial charge in [-0.25, -0.2) is 4.98 Å². The van der Waals surface area contributed by atoms with Crippen molar-refractivity contribution in [3.63, 3.8) is 0 Å². The number of carbonyl (C=O) groups excluding carboxylic acids is 1. The summed E-state index contributed by atoms with van der Waals surface area (Å²) in [7, 11) is 0. The van der Waals surface area contributed by atoms with Gasteiger partial charge in [0.05, 0.1) is 5.75 Å². The molecule has 106 valence electrons. The van der Waals surface area contributed by atoms with Crippen LogP contribution in [0.15, 0.2) is 58.2 Å². The minimum atomic E-state index is -0.0801. The van der Waals surface area contributed by atoms with Crippen molar-refractivity contribution in [2.24, 2.45) is 0 Å². The van der Waals surface area contributed by atoms with Crippen LogP contribution in [0.25, 0.3) is 11.1 Å². The largest absolute Gasteiger partial charge is 0.431 e. The molecule has 0 saturated heterocycles. The summed E-state index contributed by atoms with van der Waals surface area (Å²) in [5.74, 6) is 0.183. The second kappa shape index (κ2) is 6.48. The van der Waals surface area contributed by atoms with Crippen LogP contribution in [0.3, 0.4) is 0 Å². The van der Waals surface area contributed by atoms with Crippen molar-refractivity contribution in [3.8, 4) is 0 Å². The lowest BCUT2D eigenvalue weighted by Crippen LogP contribution is -2.13. The zero-order valence-corrected chi connectivity index (χ0v) is 13.8. The first-order valence-corrected chi connectivity index (χ1v) is 8.31. The van der Waals surface area contributed by atoms with E-state index < -0.39 is 0 Å². The number of carbonyl (C=O) groups is 1. The van der Waals surface area contributed by atoms with E-state index in [9.17, 15) is 4.79 Å². The SMILES string of the molecule is O=C(CSc1nc2ccccc2o1)Nc1ccc(I)cc1. The van der Waals surface area contributed by atoms with Crippen molar-refractivity contribution in [3.05, 3.63) is 52.1 Å². The molecule has 3 rings (SSSR count). The van der Waals surface area contributed by atoms with Gasteiger partial charge in [-0.15, -0.1) is 0 Å². The summed E-state index contributed by atoms with van der Waals surface area (Å²) >= 11 is 3.51. The summed E-state index contributed by atoms with van der Waals surface area (Å²) < 4.78 is 6.69. The summed E-state index contributed by atoms with van der Waals surface area (Å²) in [6, 6.07) is 15.2. The Morgan fingerprint density at radius 3 is 2.71 bits per heavy atom. The summed E-state index contributed by atoms with van der Waals surface area (Å²) in [4.78, 5) is 16.2. The lowest BCUT2D eigenvalue weighted by atomic mass is 10.3. The Labute approximate surface area is 139 Å². The molecule has 0 radical (unpaired) electrons. The third kappa shape index (κ3) is 3.76. The van der Waals surface area contributed by atoms with Crippen molar-refractivity contribution in [2.75, 3.05) is 11.1 Å². The first-order chi connectivity index (χ1) is 10.2. The molecule has 4 nitrogen and oxygen atoms in total. The highest BCUT2D eigenvalue weighted by molar-refractivity contribution is 14.1. The number of thioether (sulfide) groups is 1. The molecule has 0 aliphatic carbocycles. The molecule has 1 amide bonds. The minimum Gasteiger partial charge on any atom is -0.431 e. The van der Waals surface area contributed by atoms with Crippen molar-refractivity contribution in [2.45, 2.75) is 5.22 Å². The van der Waals surface area contributed by atoms with Crippen LogP contribution in [0.2, 0.25) is 0 Å². The van der Waals surface area contributed by atoms with Crippen molar-refractivity contribution >= 4 is 57.0 Å². The van der Waals surface area contributed by atoms with Crippen LogP contribution in [0.1, 0.15) is 0 Å². The van der Waals surface area contributed by atoms with Crippen molar-refractivity contribution < 1.29 is 9.21 Å². The van der Waals surface area contributed by atoms with E-state index >= 15 is 0 Å². The fourth-order valence-corrected chi connectivity index (χ4v) is 2.77. The third-order valence-electron chi connectivity index (χ3n) is 2.73. The maximum Gasteiger partial charge on any atom is 0.257 e. The molecule has 21 heavy (non-hydrogen) atoms. The molecular weight excluding hydrogens is 399 g/mol. The number of nitrogens with zero attached hydrogens (tertiary/aromatic N) is 1. The Morgan fingerprint density at radius 2 is 1.95 bits per heavy atom. The first kappa shape index (κ1) is 14.4. The molecule has 1 heterocycles. The van der Waals surface area contributed by atoms with E-state index in [1.165, 1.54) is 11.8 Å². The molecule has 0 saturated carbocycles. The monoisotopic (exact) mass is 410 g/mol. The Balaban J connectivity index is 1.59. The van der Waals surface area contributed by atoms with Crippen LogP contribution < -0.4 is 5.32 Å². The van der Waals surface area contributed by atoms with E-state index in [4.69, 9.17) is 4.42 Å². The maximum atomic E-state index is 11.9. The summed E-state index contributed by atoms with van der Waals surface area (Å²) in [5.41, 5.74) is 2.33. The second-order valence-corrected chi connectivity index (χ2v) is 6.46. The van der Waals surface area contributed by atoms with Crippen LogP contribution in [-0.2, 0) is 4.79 Å². The highest BCUT2D eigenvalue weighted by atomic mass is 127. The van der Waals surface area contributed by atoms with Crippen LogP contribution in [0.4, 0.5) is 5.69 Å². The van der Waals surface area contributed by atoms with Crippen LogP contribution >= 0.6 is 34.4 Å². The summed E-state index contributed by atoms with van der Waals surface area (Å²) in [6.45, 7) is 0. The minimum absolute atomic E-state index is 0.0801. The summed E-state index contributed by atoms with van der Waals surface area (Å²) in [6.07, 6.45) is 0. The number of amides is 1. The normalized spacial score (nSPS) is 10.7. The van der Waals surface area contributed by atoms with Crippen LogP contribution in [-0.4, -0.2) is 16.6 Å². The Hall–Kier alpha value is -1.54. The molecule has 0 atom stereocenters. The van der Waals surface area contributed by atoms with Crippen molar-refractivity contribution in [1.29, 1.82) is 0 Å². The van der Waals surface area contributed by atoms with E-state index in [1.54, 1.807) is 0 Å². The number of rotatable bonds is 4. The van der Waals surface area contributed by atoms with Gasteiger partial charge >= 0.3 is 0 Å². The molecule has 0 spiro atoms. The number of nitrogens with one attached hydrogen (secondary N) is 1. The molecule has 0 unspecified atom stereocenters. The fraction of sp³-hybridized carbons (Fsp3) is 0.0667. The average molecular weight is 410 g/mol. The maximum absolute atomic E-state index is 11.9. The molecule has 6 heteroatoms. The quantitative estimate of drug-likeness (QED) is 0.519. The average Bonchev–Trinajstić information content (AvgIpc) is 2.90. The zero-order valence-electron chi connectivity index (χ0n) is 10.9. The van der Waals surface area contributed by atoms with E-state index in [-0.39, 0.29) is 11.7 Å². The topological polar surface area (TPSA) is 55.1 Å². The number of fused-ring (bicyclic) bond motifs is 1. The highest BCUT2D eigenvalue weighted by Gasteiger charge is 2.09. The predicted octanol–water partition coefficient (Wildman–Crippen LogP) is 4.16. The van der Waals surface area contributed by atoms with Gasteiger partial charge in [0.2, 0.25) is 5.91 Å². The fourth-order valence-electron chi connectivity index (χ4n) is 1.77. The number of oxazole rings is 1. The second-order valence-electron chi connectivity index (χ2n) is 4.29. The summed E-state index contributed by atoms with van der Waals surface area (Å²) in [5, 5.41) is 3.35.